The monoisotopic (exact) mass is 545 g/mol. The predicted molar refractivity (Wildman–Crippen MR) is 136 cm³/mol. The van der Waals surface area contributed by atoms with Crippen LogP contribution in [-0.4, -0.2) is 50.0 Å². The minimum Gasteiger partial charge on any atom is -0.305 e. The Morgan fingerprint density at radius 1 is 1.11 bits per heavy atom. The summed E-state index contributed by atoms with van der Waals surface area (Å²) in [6.07, 6.45) is 2.53. The first-order valence-electron chi connectivity index (χ1n) is 11.2. The third kappa shape index (κ3) is 5.96. The number of likely N-dealkylation sites (tertiary alicyclic amines) is 1. The Morgan fingerprint density at radius 3 is 2.57 bits per heavy atom. The van der Waals surface area contributed by atoms with E-state index in [4.69, 9.17) is 0 Å². The second-order valence-electron chi connectivity index (χ2n) is 9.07. The molecule has 2 aliphatic rings. The molecular weight excluding hydrogens is 518 g/mol. The molecule has 3 heterocycles. The number of hydrogen-bond donors (Lipinski definition) is 0. The molecule has 11 heteroatoms. The molecular formula is C24H28Cl2F3N5S. The van der Waals surface area contributed by atoms with Gasteiger partial charge in [0.15, 0.2) is 11.0 Å². The first-order chi connectivity index (χ1) is 15.9. The maximum Gasteiger partial charge on any atom is 0.416 e. The average molecular weight is 546 g/mol. The van der Waals surface area contributed by atoms with Gasteiger partial charge in [0.1, 0.15) is 0 Å². The molecule has 5 nitrogen and oxygen atoms in total. The molecule has 1 spiro atoms. The van der Waals surface area contributed by atoms with Crippen molar-refractivity contribution in [3.8, 4) is 11.4 Å². The van der Waals surface area contributed by atoms with E-state index in [0.717, 1.165) is 66.8 Å². The Kier molecular flexibility index (Phi) is 8.78. The van der Waals surface area contributed by atoms with Crippen molar-refractivity contribution in [3.63, 3.8) is 0 Å². The van der Waals surface area contributed by atoms with E-state index < -0.39 is 11.7 Å². The number of alkyl halides is 3. The number of nitrogens with zero attached hydrogens (tertiary/aromatic N) is 5. The van der Waals surface area contributed by atoms with Gasteiger partial charge in [-0.3, -0.25) is 4.98 Å². The number of thioether (sulfide) groups is 1. The number of halogens is 5. The van der Waals surface area contributed by atoms with Gasteiger partial charge in [-0.05, 0) is 73.5 Å². The Bertz CT molecular complexity index is 1110. The molecule has 2 fully saturated rings. The summed E-state index contributed by atoms with van der Waals surface area (Å²) in [5.74, 6) is 2.17. The molecule has 35 heavy (non-hydrogen) atoms. The third-order valence-corrected chi connectivity index (χ3v) is 8.01. The fraction of sp³-hybridized carbons (Fsp3) is 0.458. The van der Waals surface area contributed by atoms with Gasteiger partial charge in [0, 0.05) is 37.3 Å². The van der Waals surface area contributed by atoms with Crippen molar-refractivity contribution in [2.75, 3.05) is 25.4 Å². The maximum atomic E-state index is 12.8. The molecule has 190 valence electrons. The standard InChI is InChI=1S/C24H26F3N5S.2ClH/c1-31-21(18-4-2-10-28-15-18)29-30-22(31)33-13-3-11-32-12-9-23(16-32)14-20(23)17-5-7-19(8-6-17)24(25,26)27;;/h2,4-8,10,15,20H,3,9,11-14,16H2,1H3;2*1H. The van der Waals surface area contributed by atoms with Crippen molar-refractivity contribution in [2.24, 2.45) is 12.5 Å². The summed E-state index contributed by atoms with van der Waals surface area (Å²) in [6.45, 7) is 3.14. The summed E-state index contributed by atoms with van der Waals surface area (Å²) in [7, 11) is 1.98. The van der Waals surface area contributed by atoms with Crippen molar-refractivity contribution in [3.05, 3.63) is 59.9 Å². The molecule has 0 amide bonds. The molecule has 1 aromatic carbocycles. The first-order valence-corrected chi connectivity index (χ1v) is 12.2. The smallest absolute Gasteiger partial charge is 0.305 e. The molecule has 5 rings (SSSR count). The average Bonchev–Trinajstić information content (AvgIpc) is 3.15. The molecule has 0 radical (unpaired) electrons. The lowest BCUT2D eigenvalue weighted by Gasteiger charge is -2.16. The molecule has 2 atom stereocenters. The molecule has 1 saturated carbocycles. The van der Waals surface area contributed by atoms with Crippen molar-refractivity contribution < 1.29 is 13.2 Å². The minimum atomic E-state index is -4.27. The van der Waals surface area contributed by atoms with Crippen LogP contribution in [0.4, 0.5) is 13.2 Å². The van der Waals surface area contributed by atoms with Crippen LogP contribution in [0.25, 0.3) is 11.4 Å². The Morgan fingerprint density at radius 2 is 1.89 bits per heavy atom. The third-order valence-electron chi connectivity index (χ3n) is 6.90. The van der Waals surface area contributed by atoms with E-state index in [9.17, 15) is 13.2 Å². The number of rotatable bonds is 7. The number of pyridine rings is 1. The molecule has 0 bridgehead atoms. The highest BCUT2D eigenvalue weighted by Gasteiger charge is 2.57. The van der Waals surface area contributed by atoms with E-state index >= 15 is 0 Å². The molecule has 2 aromatic heterocycles. The second-order valence-corrected chi connectivity index (χ2v) is 10.1. The van der Waals surface area contributed by atoms with E-state index in [1.54, 1.807) is 36.3 Å². The van der Waals surface area contributed by atoms with E-state index in [-0.39, 0.29) is 30.2 Å². The highest BCUT2D eigenvalue weighted by atomic mass is 35.5. The van der Waals surface area contributed by atoms with Gasteiger partial charge in [0.25, 0.3) is 0 Å². The molecule has 1 aliphatic carbocycles. The van der Waals surface area contributed by atoms with Gasteiger partial charge in [0.05, 0.1) is 5.56 Å². The lowest BCUT2D eigenvalue weighted by atomic mass is 9.97. The van der Waals surface area contributed by atoms with Crippen LogP contribution in [0, 0.1) is 5.41 Å². The zero-order chi connectivity index (χ0) is 23.1. The first kappa shape index (κ1) is 27.8. The van der Waals surface area contributed by atoms with E-state index in [2.05, 4.69) is 20.1 Å². The quantitative estimate of drug-likeness (QED) is 0.265. The summed E-state index contributed by atoms with van der Waals surface area (Å²) < 4.78 is 40.5. The Hall–Kier alpha value is -1.81. The number of benzene rings is 1. The van der Waals surface area contributed by atoms with Gasteiger partial charge in [-0.2, -0.15) is 13.2 Å². The number of hydrogen-bond acceptors (Lipinski definition) is 5. The molecule has 0 N–H and O–H groups in total. The highest BCUT2D eigenvalue weighted by Crippen LogP contribution is 2.64. The van der Waals surface area contributed by atoms with Crippen molar-refractivity contribution in [1.82, 2.24) is 24.6 Å². The van der Waals surface area contributed by atoms with Gasteiger partial charge < -0.3 is 9.47 Å². The summed E-state index contributed by atoms with van der Waals surface area (Å²) >= 11 is 1.71. The topological polar surface area (TPSA) is 46.8 Å². The van der Waals surface area contributed by atoms with Gasteiger partial charge in [-0.1, -0.05) is 23.9 Å². The van der Waals surface area contributed by atoms with Crippen LogP contribution in [0.1, 0.15) is 36.3 Å². The van der Waals surface area contributed by atoms with Crippen LogP contribution in [0.3, 0.4) is 0 Å². The van der Waals surface area contributed by atoms with Crippen molar-refractivity contribution >= 4 is 36.6 Å². The summed E-state index contributed by atoms with van der Waals surface area (Å²) in [4.78, 5) is 6.65. The SMILES string of the molecule is Cl.Cl.Cn1c(SCCCN2CCC3(CC3c3ccc(C(F)(F)F)cc3)C2)nnc1-c1cccnc1. The molecule has 1 saturated heterocycles. The Balaban J connectivity index is 0.00000171. The second kappa shape index (κ2) is 11.1. The zero-order valence-electron chi connectivity index (χ0n) is 19.2. The predicted octanol–water partition coefficient (Wildman–Crippen LogP) is 6.10. The summed E-state index contributed by atoms with van der Waals surface area (Å²) in [5, 5.41) is 9.53. The minimum absolute atomic E-state index is 0. The fourth-order valence-corrected chi connectivity index (χ4v) is 5.82. The normalized spacial score (nSPS) is 21.5. The largest absolute Gasteiger partial charge is 0.416 e. The van der Waals surface area contributed by atoms with Crippen LogP contribution in [0.2, 0.25) is 0 Å². The molecule has 1 aliphatic heterocycles. The van der Waals surface area contributed by atoms with Crippen LogP contribution in [0.5, 0.6) is 0 Å². The van der Waals surface area contributed by atoms with Gasteiger partial charge >= 0.3 is 6.18 Å². The van der Waals surface area contributed by atoms with Crippen LogP contribution >= 0.6 is 36.6 Å². The van der Waals surface area contributed by atoms with Gasteiger partial charge in [-0.15, -0.1) is 35.0 Å². The van der Waals surface area contributed by atoms with Gasteiger partial charge in [0.2, 0.25) is 0 Å². The van der Waals surface area contributed by atoms with E-state index in [1.165, 1.54) is 12.1 Å². The Labute approximate surface area is 219 Å². The summed E-state index contributed by atoms with van der Waals surface area (Å²) in [6, 6.07) is 9.64. The summed E-state index contributed by atoms with van der Waals surface area (Å²) in [5.41, 5.74) is 1.69. The van der Waals surface area contributed by atoms with Crippen molar-refractivity contribution in [2.45, 2.75) is 36.5 Å². The van der Waals surface area contributed by atoms with Crippen molar-refractivity contribution in [1.29, 1.82) is 0 Å². The van der Waals surface area contributed by atoms with Crippen LogP contribution in [-0.2, 0) is 13.2 Å². The van der Waals surface area contributed by atoms with E-state index in [0.29, 0.717) is 5.92 Å². The molecule has 2 unspecified atom stereocenters. The van der Waals surface area contributed by atoms with Crippen LogP contribution in [0.15, 0.2) is 53.9 Å². The lowest BCUT2D eigenvalue weighted by molar-refractivity contribution is -0.137. The zero-order valence-corrected chi connectivity index (χ0v) is 21.7. The lowest BCUT2D eigenvalue weighted by Crippen LogP contribution is -2.23. The van der Waals surface area contributed by atoms with Gasteiger partial charge in [-0.25, -0.2) is 0 Å². The maximum absolute atomic E-state index is 12.8. The highest BCUT2D eigenvalue weighted by molar-refractivity contribution is 7.99. The fourth-order valence-electron chi connectivity index (χ4n) is 4.99. The van der Waals surface area contributed by atoms with E-state index in [1.807, 2.05) is 23.7 Å². The molecule has 3 aromatic rings. The number of aromatic nitrogens is 4. The van der Waals surface area contributed by atoms with Crippen LogP contribution < -0.4 is 0 Å².